The van der Waals surface area contributed by atoms with Crippen molar-refractivity contribution in [2.45, 2.75) is 6.92 Å². The van der Waals surface area contributed by atoms with Gasteiger partial charge in [0, 0.05) is 11.6 Å². The van der Waals surface area contributed by atoms with Crippen LogP contribution in [-0.2, 0) is 0 Å². The molecule has 92 valence electrons. The predicted octanol–water partition coefficient (Wildman–Crippen LogP) is 1.87. The van der Waals surface area contributed by atoms with Crippen molar-refractivity contribution in [2.24, 2.45) is 0 Å². The third-order valence-electron chi connectivity index (χ3n) is 2.98. The molecule has 0 unspecified atom stereocenters. The standard InChI is InChI=1S/C14H10N4O/c1-9-11(8-15)14-16-12(7-13(19)18(14)17-9)10-5-3-2-4-6-10/h2-7,17H,1H3. The van der Waals surface area contributed by atoms with Crippen molar-refractivity contribution in [1.82, 2.24) is 14.6 Å². The number of hydrogen-bond donors (Lipinski definition) is 1. The summed E-state index contributed by atoms with van der Waals surface area (Å²) in [7, 11) is 0. The van der Waals surface area contributed by atoms with E-state index in [0.717, 1.165) is 5.56 Å². The summed E-state index contributed by atoms with van der Waals surface area (Å²) < 4.78 is 1.29. The van der Waals surface area contributed by atoms with E-state index in [9.17, 15) is 4.79 Å². The molecule has 0 aliphatic heterocycles. The molecule has 3 rings (SSSR count). The van der Waals surface area contributed by atoms with Crippen molar-refractivity contribution in [3.8, 4) is 17.3 Å². The maximum Gasteiger partial charge on any atom is 0.273 e. The van der Waals surface area contributed by atoms with Crippen LogP contribution in [0.2, 0.25) is 0 Å². The molecule has 1 N–H and O–H groups in total. The van der Waals surface area contributed by atoms with E-state index in [1.54, 1.807) is 6.92 Å². The van der Waals surface area contributed by atoms with E-state index in [1.807, 2.05) is 30.3 Å². The van der Waals surface area contributed by atoms with Gasteiger partial charge < -0.3 is 0 Å². The van der Waals surface area contributed by atoms with Crippen LogP contribution < -0.4 is 5.56 Å². The molecule has 0 fully saturated rings. The first-order valence-corrected chi connectivity index (χ1v) is 5.78. The fourth-order valence-corrected chi connectivity index (χ4v) is 2.04. The Labute approximate surface area is 108 Å². The van der Waals surface area contributed by atoms with Gasteiger partial charge in [-0.15, -0.1) is 0 Å². The molecule has 2 heterocycles. The lowest BCUT2D eigenvalue weighted by atomic mass is 10.1. The lowest BCUT2D eigenvalue weighted by molar-refractivity contribution is 0.882. The Kier molecular flexibility index (Phi) is 2.43. The molecule has 0 amide bonds. The summed E-state index contributed by atoms with van der Waals surface area (Å²) in [6.07, 6.45) is 0. The van der Waals surface area contributed by atoms with E-state index in [4.69, 9.17) is 5.26 Å². The van der Waals surface area contributed by atoms with E-state index in [2.05, 4.69) is 16.2 Å². The summed E-state index contributed by atoms with van der Waals surface area (Å²) in [4.78, 5) is 16.4. The van der Waals surface area contributed by atoms with Gasteiger partial charge in [-0.1, -0.05) is 30.3 Å². The van der Waals surface area contributed by atoms with Gasteiger partial charge in [-0.25, -0.2) is 9.50 Å². The van der Waals surface area contributed by atoms with Gasteiger partial charge in [-0.3, -0.25) is 9.89 Å². The minimum Gasteiger partial charge on any atom is -0.293 e. The number of aromatic amines is 1. The normalized spacial score (nSPS) is 10.5. The summed E-state index contributed by atoms with van der Waals surface area (Å²) in [6, 6.07) is 12.9. The zero-order chi connectivity index (χ0) is 13.4. The number of nitrogens with one attached hydrogen (secondary N) is 1. The molecule has 0 aliphatic rings. The minimum atomic E-state index is -0.228. The number of benzene rings is 1. The van der Waals surface area contributed by atoms with E-state index < -0.39 is 0 Å². The molecule has 5 nitrogen and oxygen atoms in total. The highest BCUT2D eigenvalue weighted by molar-refractivity contribution is 5.65. The number of nitriles is 1. The zero-order valence-electron chi connectivity index (χ0n) is 10.2. The summed E-state index contributed by atoms with van der Waals surface area (Å²) in [6.45, 7) is 1.74. The molecule has 0 aliphatic carbocycles. The van der Waals surface area contributed by atoms with Crippen LogP contribution in [0.25, 0.3) is 16.9 Å². The monoisotopic (exact) mass is 250 g/mol. The Bertz CT molecular complexity index is 853. The maximum atomic E-state index is 12.0. The first-order chi connectivity index (χ1) is 9.20. The van der Waals surface area contributed by atoms with Crippen molar-refractivity contribution in [2.75, 3.05) is 0 Å². The van der Waals surface area contributed by atoms with Crippen LogP contribution in [0.15, 0.2) is 41.2 Å². The van der Waals surface area contributed by atoms with Crippen LogP contribution in [0, 0.1) is 18.3 Å². The fraction of sp³-hybridized carbons (Fsp3) is 0.0714. The number of nitrogens with zero attached hydrogens (tertiary/aromatic N) is 3. The van der Waals surface area contributed by atoms with Crippen molar-refractivity contribution in [3.63, 3.8) is 0 Å². The van der Waals surface area contributed by atoms with E-state index in [-0.39, 0.29) is 5.56 Å². The molecule has 3 aromatic rings. The molecule has 0 bridgehead atoms. The Balaban J connectivity index is 2.37. The van der Waals surface area contributed by atoms with Gasteiger partial charge in [0.25, 0.3) is 5.56 Å². The van der Waals surface area contributed by atoms with Crippen molar-refractivity contribution < 1.29 is 0 Å². The topological polar surface area (TPSA) is 73.9 Å². The quantitative estimate of drug-likeness (QED) is 0.716. The first-order valence-electron chi connectivity index (χ1n) is 5.78. The molecule has 0 saturated carbocycles. The molecule has 5 heteroatoms. The van der Waals surface area contributed by atoms with Crippen molar-refractivity contribution >= 4 is 5.65 Å². The van der Waals surface area contributed by atoms with Gasteiger partial charge in [-0.05, 0) is 6.92 Å². The van der Waals surface area contributed by atoms with Crippen LogP contribution >= 0.6 is 0 Å². The van der Waals surface area contributed by atoms with Gasteiger partial charge in [0.2, 0.25) is 0 Å². The zero-order valence-corrected chi connectivity index (χ0v) is 10.2. The van der Waals surface area contributed by atoms with Gasteiger partial charge in [-0.2, -0.15) is 5.26 Å². The highest BCUT2D eigenvalue weighted by atomic mass is 16.1. The second-order valence-electron chi connectivity index (χ2n) is 4.23. The highest BCUT2D eigenvalue weighted by Gasteiger charge is 2.12. The lowest BCUT2D eigenvalue weighted by Gasteiger charge is -2.00. The maximum absolute atomic E-state index is 12.0. The molecule has 0 radical (unpaired) electrons. The predicted molar refractivity (Wildman–Crippen MR) is 70.7 cm³/mol. The Hall–Kier alpha value is -2.87. The molecule has 2 aromatic heterocycles. The summed E-state index contributed by atoms with van der Waals surface area (Å²) in [5.41, 5.74) is 2.60. The van der Waals surface area contributed by atoms with Gasteiger partial charge in [0.15, 0.2) is 5.65 Å². The minimum absolute atomic E-state index is 0.228. The van der Waals surface area contributed by atoms with Crippen LogP contribution in [0.4, 0.5) is 0 Å². The number of rotatable bonds is 1. The lowest BCUT2D eigenvalue weighted by Crippen LogP contribution is -2.14. The third-order valence-corrected chi connectivity index (χ3v) is 2.98. The molecular weight excluding hydrogens is 240 g/mol. The molecule has 1 aromatic carbocycles. The number of aryl methyl sites for hydroxylation is 1. The third kappa shape index (κ3) is 1.70. The Morgan fingerprint density at radius 2 is 2.05 bits per heavy atom. The molecule has 0 spiro atoms. The number of H-pyrrole nitrogens is 1. The van der Waals surface area contributed by atoms with Crippen LogP contribution in [0.5, 0.6) is 0 Å². The highest BCUT2D eigenvalue weighted by Crippen LogP contribution is 2.17. The largest absolute Gasteiger partial charge is 0.293 e. The molecule has 19 heavy (non-hydrogen) atoms. The van der Waals surface area contributed by atoms with E-state index >= 15 is 0 Å². The number of aromatic nitrogens is 3. The summed E-state index contributed by atoms with van der Waals surface area (Å²) in [5, 5.41) is 12.0. The van der Waals surface area contributed by atoms with Gasteiger partial charge in [0.05, 0.1) is 11.4 Å². The van der Waals surface area contributed by atoms with Gasteiger partial charge in [0.1, 0.15) is 11.6 Å². The van der Waals surface area contributed by atoms with Crippen LogP contribution in [0.3, 0.4) is 0 Å². The number of hydrogen-bond acceptors (Lipinski definition) is 3. The van der Waals surface area contributed by atoms with Gasteiger partial charge >= 0.3 is 0 Å². The number of fused-ring (bicyclic) bond motifs is 1. The molecule has 0 atom stereocenters. The SMILES string of the molecule is Cc1[nH]n2c(=O)cc(-c3ccccc3)nc2c1C#N. The molecular formula is C14H10N4O. The fourth-order valence-electron chi connectivity index (χ4n) is 2.04. The first kappa shape index (κ1) is 11.2. The van der Waals surface area contributed by atoms with E-state index in [0.29, 0.717) is 22.6 Å². The van der Waals surface area contributed by atoms with E-state index in [1.165, 1.54) is 10.6 Å². The van der Waals surface area contributed by atoms with Crippen LogP contribution in [0.1, 0.15) is 11.3 Å². The summed E-state index contributed by atoms with van der Waals surface area (Å²) >= 11 is 0. The average molecular weight is 250 g/mol. The molecule has 0 saturated heterocycles. The smallest absolute Gasteiger partial charge is 0.273 e. The average Bonchev–Trinajstić information content (AvgIpc) is 2.76. The van der Waals surface area contributed by atoms with Crippen molar-refractivity contribution in [3.05, 3.63) is 58.0 Å². The summed E-state index contributed by atoms with van der Waals surface area (Å²) in [5.74, 6) is 0. The second kappa shape index (κ2) is 4.10. The van der Waals surface area contributed by atoms with Crippen molar-refractivity contribution in [1.29, 1.82) is 5.26 Å². The Morgan fingerprint density at radius 3 is 2.74 bits per heavy atom. The van der Waals surface area contributed by atoms with Crippen LogP contribution in [-0.4, -0.2) is 14.6 Å². The Morgan fingerprint density at radius 1 is 1.32 bits per heavy atom. The second-order valence-corrected chi connectivity index (χ2v) is 4.23.